The van der Waals surface area contributed by atoms with Crippen LogP contribution in [0.25, 0.3) is 0 Å². The number of carbonyl (C=O) groups is 2. The fraction of sp³-hybridized carbons (Fsp3) is 0.947. The van der Waals surface area contributed by atoms with Gasteiger partial charge in [-0.15, -0.1) is 11.6 Å². The molecule has 15 atom stereocenters. The largest absolute Gasteiger partial charge is 0.434 e. The molecule has 46 heavy (non-hydrogen) atoms. The molecule has 1 unspecified atom stereocenters. The van der Waals surface area contributed by atoms with Crippen LogP contribution in [0.5, 0.6) is 0 Å². The van der Waals surface area contributed by atoms with Gasteiger partial charge in [-0.3, -0.25) is 9.59 Å². The second-order valence-corrected chi connectivity index (χ2v) is 18.1. The van der Waals surface area contributed by atoms with Crippen molar-refractivity contribution in [3.05, 3.63) is 0 Å². The van der Waals surface area contributed by atoms with E-state index in [1.165, 1.54) is 6.42 Å². The first-order chi connectivity index (χ1) is 21.7. The van der Waals surface area contributed by atoms with Crippen molar-refractivity contribution in [1.29, 1.82) is 0 Å². The maximum absolute atomic E-state index is 14.3. The number of halogens is 1. The standard InChI is InChI=1S/C38H61ClO7/c1-19(2)25-13-10-22(7)16-28(25)42-32-34(44-30-18-24(9)12-15-27(30)21(5)6)46-35(40)37(32)31-33(45-36(41)38(31,37)39)43-29-17-23(8)11-14-26(29)20(3)4/h19-34H,10-18H2,1-9H3/t22-,23-,24-,25+,26+,27+,28-,29-,30-,31-,32+,33?,34-,37-,38-/m1/s1. The van der Waals surface area contributed by atoms with Gasteiger partial charge in [0.05, 0.1) is 24.2 Å². The number of esters is 2. The number of alkyl halides is 1. The third-order valence-corrected chi connectivity index (χ3v) is 14.0. The highest BCUT2D eigenvalue weighted by molar-refractivity contribution is 6.41. The van der Waals surface area contributed by atoms with Crippen molar-refractivity contribution in [2.75, 3.05) is 0 Å². The molecule has 6 rings (SSSR count). The Bertz CT molecular complexity index is 1130. The molecular weight excluding hydrogens is 604 g/mol. The van der Waals surface area contributed by atoms with Crippen molar-refractivity contribution in [1.82, 2.24) is 0 Å². The zero-order valence-electron chi connectivity index (χ0n) is 29.8. The smallest absolute Gasteiger partial charge is 0.331 e. The molecule has 0 N–H and O–H groups in total. The van der Waals surface area contributed by atoms with Gasteiger partial charge in [-0.25, -0.2) is 0 Å². The number of hydrogen-bond acceptors (Lipinski definition) is 7. The highest BCUT2D eigenvalue weighted by Crippen LogP contribution is 2.77. The van der Waals surface area contributed by atoms with E-state index in [-0.39, 0.29) is 18.3 Å². The van der Waals surface area contributed by atoms with Crippen LogP contribution in [0.3, 0.4) is 0 Å². The molecule has 0 radical (unpaired) electrons. The van der Waals surface area contributed by atoms with Crippen molar-refractivity contribution in [3.8, 4) is 0 Å². The van der Waals surface area contributed by atoms with E-state index >= 15 is 0 Å². The Hall–Kier alpha value is -0.890. The molecule has 262 valence electrons. The Labute approximate surface area is 282 Å². The lowest BCUT2D eigenvalue weighted by molar-refractivity contribution is -0.233. The first-order valence-corrected chi connectivity index (χ1v) is 19.1. The van der Waals surface area contributed by atoms with E-state index in [1.807, 2.05) is 0 Å². The van der Waals surface area contributed by atoms with Gasteiger partial charge in [0.2, 0.25) is 12.6 Å². The summed E-state index contributed by atoms with van der Waals surface area (Å²) in [5.74, 6) is 2.10. The molecule has 6 aliphatic rings. The van der Waals surface area contributed by atoms with Crippen LogP contribution in [-0.4, -0.2) is 53.8 Å². The Balaban J connectivity index is 1.34. The highest BCUT2D eigenvalue weighted by atomic mass is 35.5. The molecule has 7 nitrogen and oxygen atoms in total. The van der Waals surface area contributed by atoms with Crippen LogP contribution in [0.4, 0.5) is 0 Å². The fourth-order valence-corrected chi connectivity index (χ4v) is 11.0. The summed E-state index contributed by atoms with van der Waals surface area (Å²) in [6, 6.07) is 0. The molecule has 0 bridgehead atoms. The molecule has 2 aliphatic heterocycles. The average molecular weight is 665 g/mol. The van der Waals surface area contributed by atoms with Gasteiger partial charge in [0.25, 0.3) is 0 Å². The van der Waals surface area contributed by atoms with E-state index in [4.69, 9.17) is 35.3 Å². The zero-order valence-corrected chi connectivity index (χ0v) is 30.6. The predicted molar refractivity (Wildman–Crippen MR) is 177 cm³/mol. The van der Waals surface area contributed by atoms with Crippen molar-refractivity contribution in [2.45, 2.75) is 162 Å². The number of ether oxygens (including phenoxy) is 5. The number of cyclic esters (lactones) is 2. The summed E-state index contributed by atoms with van der Waals surface area (Å²) in [5.41, 5.74) is -1.40. The maximum Gasteiger partial charge on any atom is 0.331 e. The minimum atomic E-state index is -1.59. The number of carbonyl (C=O) groups excluding carboxylic acids is 2. The SMILES string of the molecule is CC(C)[C@@H]1CC[C@@H](C)C[C@H]1OC1OC(=O)[C@]2(Cl)[C@H]1[C@@]21C(=O)O[C@@H](O[C@@H]2C[C@H](C)CC[C@H]2C(C)C)[C@@H]1O[C@@H]1C[C@H](C)CC[C@H]1C(C)C. The molecule has 0 aromatic carbocycles. The molecule has 0 aromatic heterocycles. The van der Waals surface area contributed by atoms with Gasteiger partial charge < -0.3 is 23.7 Å². The van der Waals surface area contributed by atoms with E-state index in [1.54, 1.807) is 0 Å². The lowest BCUT2D eigenvalue weighted by atomic mass is 9.75. The van der Waals surface area contributed by atoms with Crippen molar-refractivity contribution < 1.29 is 33.3 Å². The third-order valence-electron chi connectivity index (χ3n) is 13.3. The summed E-state index contributed by atoms with van der Waals surface area (Å²) in [4.78, 5) is 26.5. The first-order valence-electron chi connectivity index (χ1n) is 18.8. The Morgan fingerprint density at radius 1 is 0.609 bits per heavy atom. The number of fused-ring (bicyclic) bond motifs is 3. The van der Waals surface area contributed by atoms with Crippen molar-refractivity contribution >= 4 is 23.5 Å². The summed E-state index contributed by atoms with van der Waals surface area (Å²) in [6.07, 6.45) is 6.54. The number of hydrogen-bond donors (Lipinski definition) is 0. The lowest BCUT2D eigenvalue weighted by Gasteiger charge is -2.42. The summed E-state index contributed by atoms with van der Waals surface area (Å²) in [5, 5.41) is 0. The monoisotopic (exact) mass is 664 g/mol. The van der Waals surface area contributed by atoms with Gasteiger partial charge in [-0.2, -0.15) is 0 Å². The van der Waals surface area contributed by atoms with Gasteiger partial charge in [-0.1, -0.05) is 81.6 Å². The van der Waals surface area contributed by atoms with Crippen molar-refractivity contribution in [3.63, 3.8) is 0 Å². The van der Waals surface area contributed by atoms with Crippen LogP contribution >= 0.6 is 11.6 Å². The van der Waals surface area contributed by atoms with Crippen LogP contribution in [0.2, 0.25) is 0 Å². The Morgan fingerprint density at radius 3 is 1.43 bits per heavy atom. The van der Waals surface area contributed by atoms with Crippen LogP contribution in [-0.2, 0) is 33.3 Å². The van der Waals surface area contributed by atoms with Gasteiger partial charge >= 0.3 is 11.9 Å². The Kier molecular flexibility index (Phi) is 9.95. The summed E-state index contributed by atoms with van der Waals surface area (Å²) < 4.78 is 32.9. The maximum atomic E-state index is 14.3. The van der Waals surface area contributed by atoms with Gasteiger partial charge in [0.15, 0.2) is 4.87 Å². The highest BCUT2D eigenvalue weighted by Gasteiger charge is 2.97. The summed E-state index contributed by atoms with van der Waals surface area (Å²) >= 11 is 7.35. The van der Waals surface area contributed by atoms with Crippen molar-refractivity contribution in [2.24, 2.45) is 64.6 Å². The second-order valence-electron chi connectivity index (χ2n) is 17.5. The van der Waals surface area contributed by atoms with E-state index in [2.05, 4.69) is 62.3 Å². The Morgan fingerprint density at radius 2 is 1.00 bits per heavy atom. The zero-order chi connectivity index (χ0) is 33.3. The molecule has 1 spiro atoms. The quantitative estimate of drug-likeness (QED) is 0.182. The molecule has 4 aliphatic carbocycles. The molecule has 8 heteroatoms. The second kappa shape index (κ2) is 13.1. The molecule has 6 fully saturated rings. The fourth-order valence-electron chi connectivity index (χ4n) is 10.4. The van der Waals surface area contributed by atoms with Crippen LogP contribution < -0.4 is 0 Å². The lowest BCUT2D eigenvalue weighted by Crippen LogP contribution is -2.49. The summed E-state index contributed by atoms with van der Waals surface area (Å²) in [6.45, 7) is 20.3. The molecule has 2 saturated heterocycles. The van der Waals surface area contributed by atoms with Gasteiger partial charge in [-0.05, 0) is 91.8 Å². The van der Waals surface area contributed by atoms with Crippen LogP contribution in [0.15, 0.2) is 0 Å². The molecule has 4 saturated carbocycles. The van der Waals surface area contributed by atoms with E-state index in [0.29, 0.717) is 53.3 Å². The molecule has 2 heterocycles. The third kappa shape index (κ3) is 5.77. The number of rotatable bonds is 9. The normalized spacial score (nSPS) is 49.1. The van der Waals surface area contributed by atoms with E-state index in [0.717, 1.165) is 51.4 Å². The first kappa shape index (κ1) is 35.0. The molecular formula is C38H61ClO7. The average Bonchev–Trinajstić information content (AvgIpc) is 3.33. The minimum absolute atomic E-state index is 0.0617. The topological polar surface area (TPSA) is 80.3 Å². The summed E-state index contributed by atoms with van der Waals surface area (Å²) in [7, 11) is 0. The van der Waals surface area contributed by atoms with Gasteiger partial charge in [0.1, 0.15) is 11.5 Å². The van der Waals surface area contributed by atoms with Crippen LogP contribution in [0.1, 0.15) is 120 Å². The van der Waals surface area contributed by atoms with Crippen LogP contribution in [0, 0.1) is 64.6 Å². The van der Waals surface area contributed by atoms with Gasteiger partial charge in [0, 0.05) is 0 Å². The van der Waals surface area contributed by atoms with E-state index < -0.39 is 46.8 Å². The minimum Gasteiger partial charge on any atom is -0.434 e. The molecule has 0 aromatic rings. The molecule has 0 amide bonds. The predicted octanol–water partition coefficient (Wildman–Crippen LogP) is 8.15. The van der Waals surface area contributed by atoms with E-state index in [9.17, 15) is 9.59 Å².